The van der Waals surface area contributed by atoms with Gasteiger partial charge >= 0.3 is 0 Å². The largest absolute Gasteiger partial charge is 0.389 e. The Morgan fingerprint density at radius 2 is 2.05 bits per heavy atom. The summed E-state index contributed by atoms with van der Waals surface area (Å²) >= 11 is 0. The standard InChI is InChI=1S/C16H23N3O2/c20-15-5-4-14(13-2-3-13)17-19(15)10-12-8-18(9-12)11-16(21)6-1-7-16/h4-5,12-13,21H,1-3,6-11H2. The fourth-order valence-electron chi connectivity index (χ4n) is 3.52. The van der Waals surface area contributed by atoms with Gasteiger partial charge in [-0.1, -0.05) is 0 Å². The summed E-state index contributed by atoms with van der Waals surface area (Å²) in [6, 6.07) is 3.55. The van der Waals surface area contributed by atoms with E-state index < -0.39 is 5.60 Å². The van der Waals surface area contributed by atoms with Crippen molar-refractivity contribution in [1.29, 1.82) is 0 Å². The lowest BCUT2D eigenvalue weighted by Gasteiger charge is -2.47. The van der Waals surface area contributed by atoms with Crippen LogP contribution in [-0.2, 0) is 6.54 Å². The lowest BCUT2D eigenvalue weighted by molar-refractivity contribution is -0.0819. The molecule has 1 aromatic heterocycles. The number of rotatable bonds is 5. The number of hydrogen-bond donors (Lipinski definition) is 1. The minimum Gasteiger partial charge on any atom is -0.389 e. The maximum Gasteiger partial charge on any atom is 0.266 e. The lowest BCUT2D eigenvalue weighted by Crippen LogP contribution is -2.57. The van der Waals surface area contributed by atoms with Gasteiger partial charge in [-0.05, 0) is 38.2 Å². The number of β-amino-alcohol motifs (C(OH)–C–C–N with tert-alkyl or cyclic N) is 1. The van der Waals surface area contributed by atoms with Crippen molar-refractivity contribution in [2.24, 2.45) is 5.92 Å². The number of aromatic nitrogens is 2. The monoisotopic (exact) mass is 289 g/mol. The number of hydrogen-bond acceptors (Lipinski definition) is 4. The third kappa shape index (κ3) is 2.77. The van der Waals surface area contributed by atoms with Crippen molar-refractivity contribution >= 4 is 0 Å². The van der Waals surface area contributed by atoms with Crippen molar-refractivity contribution in [2.75, 3.05) is 19.6 Å². The highest BCUT2D eigenvalue weighted by Crippen LogP contribution is 2.38. The topological polar surface area (TPSA) is 58.4 Å². The minimum atomic E-state index is -0.425. The first-order valence-electron chi connectivity index (χ1n) is 8.14. The molecule has 0 amide bonds. The molecular formula is C16H23N3O2. The Morgan fingerprint density at radius 1 is 1.29 bits per heavy atom. The molecule has 0 spiro atoms. The van der Waals surface area contributed by atoms with Crippen LogP contribution in [0.25, 0.3) is 0 Å². The van der Waals surface area contributed by atoms with Gasteiger partial charge in [0.15, 0.2) is 0 Å². The summed E-state index contributed by atoms with van der Waals surface area (Å²) in [6.07, 6.45) is 5.46. The SMILES string of the molecule is O=c1ccc(C2CC2)nn1CC1CN(CC2(O)CCC2)C1. The maximum absolute atomic E-state index is 11.9. The van der Waals surface area contributed by atoms with Gasteiger partial charge < -0.3 is 5.11 Å². The Bertz CT molecular complexity index is 583. The molecule has 3 fully saturated rings. The van der Waals surface area contributed by atoms with Crippen LogP contribution in [0.3, 0.4) is 0 Å². The molecule has 5 nitrogen and oxygen atoms in total. The van der Waals surface area contributed by atoms with Crippen LogP contribution < -0.4 is 5.56 Å². The Hall–Kier alpha value is -1.20. The molecule has 0 unspecified atom stereocenters. The minimum absolute atomic E-state index is 0.00970. The molecule has 4 rings (SSSR count). The average Bonchev–Trinajstić information content (AvgIpc) is 3.20. The maximum atomic E-state index is 11.9. The first-order valence-corrected chi connectivity index (χ1v) is 8.14. The summed E-state index contributed by atoms with van der Waals surface area (Å²) in [5.41, 5.74) is 0.663. The summed E-state index contributed by atoms with van der Waals surface area (Å²) in [5, 5.41) is 14.7. The molecule has 0 atom stereocenters. The van der Waals surface area contributed by atoms with Crippen molar-refractivity contribution in [3.05, 3.63) is 28.2 Å². The molecule has 114 valence electrons. The number of aliphatic hydroxyl groups is 1. The van der Waals surface area contributed by atoms with Crippen LogP contribution in [0, 0.1) is 5.92 Å². The van der Waals surface area contributed by atoms with Crippen LogP contribution in [-0.4, -0.2) is 45.0 Å². The van der Waals surface area contributed by atoms with Crippen LogP contribution >= 0.6 is 0 Å². The van der Waals surface area contributed by atoms with E-state index in [0.717, 1.165) is 44.6 Å². The van der Waals surface area contributed by atoms with Crippen molar-refractivity contribution in [1.82, 2.24) is 14.7 Å². The molecule has 5 heteroatoms. The second kappa shape index (κ2) is 4.92. The highest BCUT2D eigenvalue weighted by atomic mass is 16.3. The first-order chi connectivity index (χ1) is 10.1. The third-order valence-electron chi connectivity index (χ3n) is 5.15. The van der Waals surface area contributed by atoms with E-state index in [1.165, 1.54) is 12.8 Å². The molecule has 0 bridgehead atoms. The van der Waals surface area contributed by atoms with Gasteiger partial charge in [0.2, 0.25) is 0 Å². The molecule has 2 heterocycles. The van der Waals surface area contributed by atoms with E-state index in [-0.39, 0.29) is 5.56 Å². The normalized spacial score (nSPS) is 25.4. The number of likely N-dealkylation sites (tertiary alicyclic amines) is 1. The highest BCUT2D eigenvalue weighted by molar-refractivity contribution is 5.12. The van der Waals surface area contributed by atoms with Gasteiger partial charge in [0.25, 0.3) is 5.56 Å². The van der Waals surface area contributed by atoms with E-state index in [1.54, 1.807) is 10.7 Å². The zero-order valence-corrected chi connectivity index (χ0v) is 12.4. The molecule has 1 aliphatic heterocycles. The van der Waals surface area contributed by atoms with E-state index in [9.17, 15) is 9.90 Å². The van der Waals surface area contributed by atoms with Gasteiger partial charge in [0.1, 0.15) is 0 Å². The quantitative estimate of drug-likeness (QED) is 0.877. The molecule has 0 aromatic carbocycles. The first kappa shape index (κ1) is 13.5. The fraction of sp³-hybridized carbons (Fsp3) is 0.750. The zero-order valence-electron chi connectivity index (χ0n) is 12.4. The predicted molar refractivity (Wildman–Crippen MR) is 79.2 cm³/mol. The van der Waals surface area contributed by atoms with Gasteiger partial charge in [-0.15, -0.1) is 0 Å². The highest BCUT2D eigenvalue weighted by Gasteiger charge is 2.39. The van der Waals surface area contributed by atoms with E-state index in [1.807, 2.05) is 6.07 Å². The van der Waals surface area contributed by atoms with E-state index in [2.05, 4.69) is 10.00 Å². The molecule has 2 saturated carbocycles. The lowest BCUT2D eigenvalue weighted by atomic mass is 9.79. The molecule has 2 aliphatic carbocycles. The average molecular weight is 289 g/mol. The number of nitrogens with zero attached hydrogens (tertiary/aromatic N) is 3. The van der Waals surface area contributed by atoms with E-state index in [0.29, 0.717) is 18.4 Å². The summed E-state index contributed by atoms with van der Waals surface area (Å²) in [6.45, 7) is 3.47. The Labute approximate surface area is 124 Å². The fourth-order valence-corrected chi connectivity index (χ4v) is 3.52. The van der Waals surface area contributed by atoms with Crippen LogP contribution in [0.15, 0.2) is 16.9 Å². The van der Waals surface area contributed by atoms with Crippen molar-refractivity contribution in [3.63, 3.8) is 0 Å². The van der Waals surface area contributed by atoms with Crippen LogP contribution in [0.2, 0.25) is 0 Å². The second-order valence-electron chi connectivity index (χ2n) is 7.19. The molecule has 3 aliphatic rings. The summed E-state index contributed by atoms with van der Waals surface area (Å²) < 4.78 is 1.65. The summed E-state index contributed by atoms with van der Waals surface area (Å²) in [4.78, 5) is 14.2. The summed E-state index contributed by atoms with van der Waals surface area (Å²) in [7, 11) is 0. The van der Waals surface area contributed by atoms with Gasteiger partial charge in [-0.25, -0.2) is 4.68 Å². The molecular weight excluding hydrogens is 266 g/mol. The van der Waals surface area contributed by atoms with Gasteiger partial charge in [-0.2, -0.15) is 5.10 Å². The van der Waals surface area contributed by atoms with Gasteiger partial charge in [-0.3, -0.25) is 9.69 Å². The predicted octanol–water partition coefficient (Wildman–Crippen LogP) is 0.967. The van der Waals surface area contributed by atoms with Crippen molar-refractivity contribution < 1.29 is 5.11 Å². The Morgan fingerprint density at radius 3 is 2.67 bits per heavy atom. The molecule has 0 radical (unpaired) electrons. The van der Waals surface area contributed by atoms with Gasteiger partial charge in [0.05, 0.1) is 17.8 Å². The van der Waals surface area contributed by atoms with E-state index in [4.69, 9.17) is 0 Å². The summed E-state index contributed by atoms with van der Waals surface area (Å²) in [5.74, 6) is 1.08. The zero-order chi connectivity index (χ0) is 14.4. The van der Waals surface area contributed by atoms with Crippen molar-refractivity contribution in [3.8, 4) is 0 Å². The van der Waals surface area contributed by atoms with E-state index >= 15 is 0 Å². The second-order valence-corrected chi connectivity index (χ2v) is 7.19. The Kier molecular flexibility index (Phi) is 3.15. The van der Waals surface area contributed by atoms with Crippen LogP contribution in [0.4, 0.5) is 0 Å². The smallest absolute Gasteiger partial charge is 0.266 e. The molecule has 1 N–H and O–H groups in total. The third-order valence-corrected chi connectivity index (χ3v) is 5.15. The van der Waals surface area contributed by atoms with Crippen LogP contribution in [0.1, 0.15) is 43.7 Å². The van der Waals surface area contributed by atoms with Gasteiger partial charge in [0, 0.05) is 37.5 Å². The molecule has 21 heavy (non-hydrogen) atoms. The molecule has 1 saturated heterocycles. The van der Waals surface area contributed by atoms with Crippen molar-refractivity contribution in [2.45, 2.75) is 50.2 Å². The van der Waals surface area contributed by atoms with Crippen LogP contribution in [0.5, 0.6) is 0 Å². The Balaban J connectivity index is 1.33. The molecule has 1 aromatic rings.